The lowest BCUT2D eigenvalue weighted by Crippen LogP contribution is -2.25. The SMILES string of the molecule is O=S(=O)(NCc1ccccn1)c1[nH]ncc1CO. The zero-order valence-corrected chi connectivity index (χ0v) is 10.2. The Labute approximate surface area is 104 Å². The van der Waals surface area contributed by atoms with Gasteiger partial charge in [0.25, 0.3) is 10.0 Å². The van der Waals surface area contributed by atoms with Crippen molar-refractivity contribution in [2.75, 3.05) is 0 Å². The quantitative estimate of drug-likeness (QED) is 0.694. The van der Waals surface area contributed by atoms with Crippen molar-refractivity contribution in [2.45, 2.75) is 18.2 Å². The molecule has 18 heavy (non-hydrogen) atoms. The molecule has 0 aliphatic rings. The Balaban J connectivity index is 2.13. The summed E-state index contributed by atoms with van der Waals surface area (Å²) in [4.78, 5) is 4.00. The highest BCUT2D eigenvalue weighted by Gasteiger charge is 2.20. The Bertz CT molecular complexity index is 609. The molecule has 7 nitrogen and oxygen atoms in total. The molecule has 8 heteroatoms. The van der Waals surface area contributed by atoms with Crippen LogP contribution in [0, 0.1) is 0 Å². The predicted molar refractivity (Wildman–Crippen MR) is 62.8 cm³/mol. The second-order valence-corrected chi connectivity index (χ2v) is 5.23. The molecule has 0 radical (unpaired) electrons. The molecule has 0 fully saturated rings. The molecule has 2 aromatic heterocycles. The average Bonchev–Trinajstić information content (AvgIpc) is 2.87. The number of hydrogen-bond donors (Lipinski definition) is 3. The monoisotopic (exact) mass is 268 g/mol. The number of pyridine rings is 1. The lowest BCUT2D eigenvalue weighted by molar-refractivity contribution is 0.278. The first-order valence-corrected chi connectivity index (χ1v) is 6.64. The standard InChI is InChI=1S/C10H12N4O3S/c15-7-8-5-12-14-10(8)18(16,17)13-6-9-3-1-2-4-11-9/h1-5,13,15H,6-7H2,(H,12,14). The van der Waals surface area contributed by atoms with Gasteiger partial charge in [-0.15, -0.1) is 0 Å². The first kappa shape index (κ1) is 12.7. The number of aromatic nitrogens is 3. The molecular formula is C10H12N4O3S. The molecule has 0 saturated heterocycles. The lowest BCUT2D eigenvalue weighted by atomic mass is 10.4. The maximum absolute atomic E-state index is 11.9. The fraction of sp³-hybridized carbons (Fsp3) is 0.200. The van der Waals surface area contributed by atoms with Gasteiger partial charge in [0.15, 0.2) is 5.03 Å². The number of nitrogens with one attached hydrogen (secondary N) is 2. The third kappa shape index (κ3) is 2.73. The maximum atomic E-state index is 11.9. The fourth-order valence-electron chi connectivity index (χ4n) is 1.39. The van der Waals surface area contributed by atoms with Crippen molar-refractivity contribution in [1.29, 1.82) is 0 Å². The normalized spacial score (nSPS) is 11.6. The van der Waals surface area contributed by atoms with E-state index in [9.17, 15) is 8.42 Å². The van der Waals surface area contributed by atoms with Crippen LogP contribution in [-0.4, -0.2) is 28.7 Å². The number of sulfonamides is 1. The van der Waals surface area contributed by atoms with Crippen molar-refractivity contribution in [3.05, 3.63) is 41.9 Å². The molecule has 0 saturated carbocycles. The molecule has 0 atom stereocenters. The third-order valence-corrected chi connectivity index (χ3v) is 3.70. The van der Waals surface area contributed by atoms with E-state index in [4.69, 9.17) is 5.11 Å². The van der Waals surface area contributed by atoms with Crippen molar-refractivity contribution < 1.29 is 13.5 Å². The van der Waals surface area contributed by atoms with Gasteiger partial charge in [-0.2, -0.15) is 5.10 Å². The Morgan fingerprint density at radius 1 is 1.39 bits per heavy atom. The molecule has 0 aliphatic carbocycles. The van der Waals surface area contributed by atoms with Gasteiger partial charge in [-0.3, -0.25) is 10.1 Å². The van der Waals surface area contributed by atoms with Crippen LogP contribution >= 0.6 is 0 Å². The van der Waals surface area contributed by atoms with E-state index in [2.05, 4.69) is 19.9 Å². The summed E-state index contributed by atoms with van der Waals surface area (Å²) >= 11 is 0. The fourth-order valence-corrected chi connectivity index (χ4v) is 2.51. The number of H-pyrrole nitrogens is 1. The largest absolute Gasteiger partial charge is 0.392 e. The minimum atomic E-state index is -3.73. The summed E-state index contributed by atoms with van der Waals surface area (Å²) in [6.07, 6.45) is 2.86. The maximum Gasteiger partial charge on any atom is 0.258 e. The Kier molecular flexibility index (Phi) is 3.70. The van der Waals surface area contributed by atoms with Gasteiger partial charge in [-0.05, 0) is 12.1 Å². The van der Waals surface area contributed by atoms with Crippen LogP contribution in [0.4, 0.5) is 0 Å². The van der Waals surface area contributed by atoms with Gasteiger partial charge in [0, 0.05) is 11.8 Å². The molecule has 3 N–H and O–H groups in total. The van der Waals surface area contributed by atoms with Crippen LogP contribution in [0.15, 0.2) is 35.6 Å². The highest BCUT2D eigenvalue weighted by Crippen LogP contribution is 2.11. The second kappa shape index (κ2) is 5.25. The molecule has 0 aromatic carbocycles. The minimum Gasteiger partial charge on any atom is -0.392 e. The van der Waals surface area contributed by atoms with Crippen LogP contribution in [0.3, 0.4) is 0 Å². The van der Waals surface area contributed by atoms with Crippen molar-refractivity contribution in [3.8, 4) is 0 Å². The zero-order valence-electron chi connectivity index (χ0n) is 9.37. The molecule has 96 valence electrons. The number of rotatable bonds is 5. The summed E-state index contributed by atoms with van der Waals surface area (Å²) in [5.74, 6) is 0. The van der Waals surface area contributed by atoms with E-state index in [1.54, 1.807) is 24.4 Å². The zero-order chi connectivity index (χ0) is 13.0. The van der Waals surface area contributed by atoms with Crippen LogP contribution in [0.5, 0.6) is 0 Å². The van der Waals surface area contributed by atoms with Crippen LogP contribution in [0.1, 0.15) is 11.3 Å². The first-order chi connectivity index (χ1) is 8.63. The Hall–Kier alpha value is -1.77. The second-order valence-electron chi connectivity index (χ2n) is 3.53. The molecule has 2 aromatic rings. The number of hydrogen-bond acceptors (Lipinski definition) is 5. The lowest BCUT2D eigenvalue weighted by Gasteiger charge is -2.05. The van der Waals surface area contributed by atoms with E-state index in [1.165, 1.54) is 6.20 Å². The predicted octanol–water partition coefficient (Wildman–Crippen LogP) is -0.225. The highest BCUT2D eigenvalue weighted by atomic mass is 32.2. The van der Waals surface area contributed by atoms with E-state index in [0.29, 0.717) is 5.69 Å². The topological polar surface area (TPSA) is 108 Å². The van der Waals surface area contributed by atoms with Crippen LogP contribution in [-0.2, 0) is 23.2 Å². The van der Waals surface area contributed by atoms with Gasteiger partial charge in [0.05, 0.1) is 25.0 Å². The molecule has 0 amide bonds. The number of aromatic amines is 1. The highest BCUT2D eigenvalue weighted by molar-refractivity contribution is 7.89. The number of nitrogens with zero attached hydrogens (tertiary/aromatic N) is 2. The summed E-state index contributed by atoms with van der Waals surface area (Å²) in [5, 5.41) is 14.8. The molecule has 0 bridgehead atoms. The molecule has 2 heterocycles. The molecule has 2 rings (SSSR count). The van der Waals surface area contributed by atoms with Gasteiger partial charge in [0.1, 0.15) is 0 Å². The summed E-state index contributed by atoms with van der Waals surface area (Å²) in [5.41, 5.74) is 0.828. The van der Waals surface area contributed by atoms with Crippen LogP contribution in [0.25, 0.3) is 0 Å². The van der Waals surface area contributed by atoms with Crippen molar-refractivity contribution in [3.63, 3.8) is 0 Å². The van der Waals surface area contributed by atoms with E-state index in [1.807, 2.05) is 0 Å². The summed E-state index contributed by atoms with van der Waals surface area (Å²) in [7, 11) is -3.73. The summed E-state index contributed by atoms with van der Waals surface area (Å²) in [6.45, 7) is -0.316. The van der Waals surface area contributed by atoms with E-state index in [0.717, 1.165) is 0 Å². The van der Waals surface area contributed by atoms with E-state index >= 15 is 0 Å². The van der Waals surface area contributed by atoms with Gasteiger partial charge >= 0.3 is 0 Å². The summed E-state index contributed by atoms with van der Waals surface area (Å²) < 4.78 is 26.2. The van der Waals surface area contributed by atoms with E-state index < -0.39 is 16.6 Å². The first-order valence-electron chi connectivity index (χ1n) is 5.16. The van der Waals surface area contributed by atoms with Crippen molar-refractivity contribution in [1.82, 2.24) is 19.9 Å². The van der Waals surface area contributed by atoms with Crippen molar-refractivity contribution in [2.24, 2.45) is 0 Å². The Morgan fingerprint density at radius 2 is 2.22 bits per heavy atom. The van der Waals surface area contributed by atoms with Gasteiger partial charge < -0.3 is 5.11 Å². The molecule has 0 unspecified atom stereocenters. The van der Waals surface area contributed by atoms with Gasteiger partial charge in [0.2, 0.25) is 0 Å². The summed E-state index contributed by atoms with van der Waals surface area (Å²) in [6, 6.07) is 5.23. The van der Waals surface area contributed by atoms with Crippen molar-refractivity contribution >= 4 is 10.0 Å². The number of aliphatic hydroxyl groups excluding tert-OH is 1. The average molecular weight is 268 g/mol. The molecule has 0 aliphatic heterocycles. The minimum absolute atomic E-state index is 0.0765. The third-order valence-electron chi connectivity index (χ3n) is 2.29. The van der Waals surface area contributed by atoms with Gasteiger partial charge in [-0.1, -0.05) is 6.07 Å². The van der Waals surface area contributed by atoms with Gasteiger partial charge in [-0.25, -0.2) is 13.1 Å². The smallest absolute Gasteiger partial charge is 0.258 e. The Morgan fingerprint density at radius 3 is 2.89 bits per heavy atom. The van der Waals surface area contributed by atoms with E-state index in [-0.39, 0.29) is 17.1 Å². The van der Waals surface area contributed by atoms with Crippen LogP contribution < -0.4 is 4.72 Å². The molecular weight excluding hydrogens is 256 g/mol. The van der Waals surface area contributed by atoms with Crippen LogP contribution in [0.2, 0.25) is 0 Å². The molecule has 0 spiro atoms. The number of aliphatic hydroxyl groups is 1.